The van der Waals surface area contributed by atoms with Crippen molar-refractivity contribution < 1.29 is 4.74 Å². The van der Waals surface area contributed by atoms with Crippen LogP contribution in [-0.4, -0.2) is 56.3 Å². The summed E-state index contributed by atoms with van der Waals surface area (Å²) in [6.07, 6.45) is 0. The van der Waals surface area contributed by atoms with Gasteiger partial charge in [0.05, 0.1) is 13.2 Å². The molecule has 84 valence electrons. The van der Waals surface area contributed by atoms with Gasteiger partial charge in [-0.2, -0.15) is 4.98 Å². The Hall–Kier alpha value is -2.03. The van der Waals surface area contributed by atoms with Crippen LogP contribution in [0.4, 0.5) is 5.95 Å². The second-order valence-electron chi connectivity index (χ2n) is 3.36. The highest BCUT2D eigenvalue weighted by atomic mass is 16.5. The van der Waals surface area contributed by atoms with Gasteiger partial charge in [0.2, 0.25) is 5.95 Å². The third-order valence-corrected chi connectivity index (χ3v) is 2.38. The van der Waals surface area contributed by atoms with Gasteiger partial charge in [-0.3, -0.25) is 4.98 Å². The molecule has 1 aliphatic heterocycles. The number of nitrogens with zero attached hydrogens (tertiary/aromatic N) is 6. The second-order valence-corrected chi connectivity index (χ2v) is 3.36. The van der Waals surface area contributed by atoms with Crippen molar-refractivity contribution in [2.45, 2.75) is 0 Å². The average Bonchev–Trinajstić information content (AvgIpc) is 2.79. The van der Waals surface area contributed by atoms with Crippen LogP contribution in [-0.2, 0) is 4.74 Å². The van der Waals surface area contributed by atoms with E-state index in [-0.39, 0.29) is 5.78 Å². The van der Waals surface area contributed by atoms with Gasteiger partial charge in [-0.15, -0.1) is 4.52 Å². The summed E-state index contributed by atoms with van der Waals surface area (Å²) in [6, 6.07) is 0. The highest BCUT2D eigenvalue weighted by Crippen LogP contribution is 2.07. The molecule has 16 heavy (non-hydrogen) atoms. The number of H-pyrrole nitrogens is 1. The first kappa shape index (κ1) is 9.21. The van der Waals surface area contributed by atoms with Gasteiger partial charge in [0.1, 0.15) is 0 Å². The second kappa shape index (κ2) is 3.52. The largest absolute Gasteiger partial charge is 0.378 e. The molecule has 0 atom stereocenters. The first-order chi connectivity index (χ1) is 7.84. The van der Waals surface area contributed by atoms with Gasteiger partial charge >= 0.3 is 5.69 Å². The van der Waals surface area contributed by atoms with E-state index in [1.165, 1.54) is 0 Å². The number of fused-ring (bicyclic) bond motifs is 1. The van der Waals surface area contributed by atoms with E-state index in [2.05, 4.69) is 25.5 Å². The summed E-state index contributed by atoms with van der Waals surface area (Å²) in [4.78, 5) is 20.3. The minimum atomic E-state index is -0.392. The zero-order chi connectivity index (χ0) is 11.0. The summed E-state index contributed by atoms with van der Waals surface area (Å²) < 4.78 is 6.23. The summed E-state index contributed by atoms with van der Waals surface area (Å²) in [7, 11) is 0. The molecule has 0 saturated carbocycles. The molecule has 0 spiro atoms. The maximum Gasteiger partial charge on any atom is 0.353 e. The molecular formula is C7H9N7O2. The fraction of sp³-hybridized carbons (Fsp3) is 0.571. The zero-order valence-electron chi connectivity index (χ0n) is 8.33. The van der Waals surface area contributed by atoms with Crippen LogP contribution in [0.15, 0.2) is 4.79 Å². The van der Waals surface area contributed by atoms with E-state index in [0.29, 0.717) is 32.3 Å². The number of rotatable bonds is 1. The number of nitrogens with one attached hydrogen (secondary N) is 1. The van der Waals surface area contributed by atoms with Gasteiger partial charge in [-0.1, -0.05) is 5.10 Å². The van der Waals surface area contributed by atoms with Crippen molar-refractivity contribution in [2.24, 2.45) is 0 Å². The molecule has 1 N–H and O–H groups in total. The van der Waals surface area contributed by atoms with E-state index < -0.39 is 5.69 Å². The van der Waals surface area contributed by atoms with Gasteiger partial charge in [0, 0.05) is 13.1 Å². The highest BCUT2D eigenvalue weighted by Gasteiger charge is 2.15. The van der Waals surface area contributed by atoms with Crippen LogP contribution < -0.4 is 10.6 Å². The summed E-state index contributed by atoms with van der Waals surface area (Å²) in [5.41, 5.74) is -0.392. The molecule has 0 aliphatic carbocycles. The van der Waals surface area contributed by atoms with Crippen LogP contribution in [0.1, 0.15) is 0 Å². The molecule has 9 heteroatoms. The number of hydrogen-bond donors (Lipinski definition) is 1. The van der Waals surface area contributed by atoms with Gasteiger partial charge in [-0.05, 0) is 10.4 Å². The van der Waals surface area contributed by atoms with Crippen molar-refractivity contribution in [1.29, 1.82) is 0 Å². The Morgan fingerprint density at radius 3 is 2.94 bits per heavy atom. The van der Waals surface area contributed by atoms with Gasteiger partial charge in [-0.25, -0.2) is 4.79 Å². The Balaban J connectivity index is 2.06. The number of aromatic amines is 1. The molecule has 1 aliphatic rings. The van der Waals surface area contributed by atoms with Crippen LogP contribution in [0, 0.1) is 0 Å². The molecule has 0 unspecified atom stereocenters. The van der Waals surface area contributed by atoms with Crippen molar-refractivity contribution in [3.63, 3.8) is 0 Å². The zero-order valence-corrected chi connectivity index (χ0v) is 8.33. The summed E-state index contributed by atoms with van der Waals surface area (Å²) in [5.74, 6) is 0.681. The topological polar surface area (TPSA) is 101 Å². The number of anilines is 1. The number of tetrazole rings is 1. The van der Waals surface area contributed by atoms with E-state index in [1.54, 1.807) is 0 Å². The molecule has 0 aromatic carbocycles. The summed E-state index contributed by atoms with van der Waals surface area (Å²) >= 11 is 0. The molecule has 3 rings (SSSR count). The predicted molar refractivity (Wildman–Crippen MR) is 52.2 cm³/mol. The van der Waals surface area contributed by atoms with Crippen LogP contribution in [0.5, 0.6) is 0 Å². The molecule has 0 amide bonds. The predicted octanol–water partition coefficient (Wildman–Crippen LogP) is -1.96. The third kappa shape index (κ3) is 1.41. The monoisotopic (exact) mass is 223 g/mol. The lowest BCUT2D eigenvalue weighted by Crippen LogP contribution is -2.39. The van der Waals surface area contributed by atoms with Crippen molar-refractivity contribution in [3.05, 3.63) is 10.5 Å². The minimum absolute atomic E-state index is 0.199. The normalized spacial score (nSPS) is 16.9. The van der Waals surface area contributed by atoms with E-state index in [4.69, 9.17) is 4.74 Å². The smallest absolute Gasteiger partial charge is 0.353 e. The van der Waals surface area contributed by atoms with Crippen LogP contribution in [0.25, 0.3) is 5.78 Å². The van der Waals surface area contributed by atoms with Crippen molar-refractivity contribution in [2.75, 3.05) is 31.2 Å². The van der Waals surface area contributed by atoms with Crippen LogP contribution in [0.3, 0.4) is 0 Å². The molecule has 1 fully saturated rings. The first-order valence-corrected chi connectivity index (χ1v) is 4.86. The van der Waals surface area contributed by atoms with Gasteiger partial charge in [0.25, 0.3) is 5.78 Å². The van der Waals surface area contributed by atoms with Crippen molar-refractivity contribution >= 4 is 11.7 Å². The highest BCUT2D eigenvalue weighted by molar-refractivity contribution is 5.36. The Morgan fingerprint density at radius 2 is 2.12 bits per heavy atom. The van der Waals surface area contributed by atoms with E-state index in [0.717, 1.165) is 4.52 Å². The Bertz CT molecular complexity index is 555. The molecule has 2 aromatic heterocycles. The van der Waals surface area contributed by atoms with Crippen LogP contribution >= 0.6 is 0 Å². The van der Waals surface area contributed by atoms with Gasteiger partial charge < -0.3 is 9.64 Å². The summed E-state index contributed by atoms with van der Waals surface area (Å²) in [6.45, 7) is 2.64. The lowest BCUT2D eigenvalue weighted by atomic mass is 10.4. The van der Waals surface area contributed by atoms with E-state index >= 15 is 0 Å². The Labute approximate surface area is 89.0 Å². The number of hydrogen-bond acceptors (Lipinski definition) is 7. The SMILES string of the molecule is O=c1[nH]c(N2CCOCC2)nc2nnnn12. The average molecular weight is 223 g/mol. The lowest BCUT2D eigenvalue weighted by molar-refractivity contribution is 0.122. The quantitative estimate of drug-likeness (QED) is 0.599. The molecule has 9 nitrogen and oxygen atoms in total. The summed E-state index contributed by atoms with van der Waals surface area (Å²) in [5, 5.41) is 10.5. The fourth-order valence-corrected chi connectivity index (χ4v) is 1.58. The fourth-order valence-electron chi connectivity index (χ4n) is 1.58. The van der Waals surface area contributed by atoms with Crippen molar-refractivity contribution in [1.82, 2.24) is 30.0 Å². The Kier molecular flexibility index (Phi) is 2.03. The molecule has 0 bridgehead atoms. The maximum absolute atomic E-state index is 11.6. The van der Waals surface area contributed by atoms with Gasteiger partial charge in [0.15, 0.2) is 0 Å². The molecule has 2 aromatic rings. The molecule has 3 heterocycles. The minimum Gasteiger partial charge on any atom is -0.378 e. The van der Waals surface area contributed by atoms with E-state index in [1.807, 2.05) is 4.90 Å². The number of aromatic nitrogens is 6. The maximum atomic E-state index is 11.6. The number of morpholine rings is 1. The molecule has 0 radical (unpaired) electrons. The van der Waals surface area contributed by atoms with Crippen molar-refractivity contribution in [3.8, 4) is 0 Å². The third-order valence-electron chi connectivity index (χ3n) is 2.38. The standard InChI is InChI=1S/C7H9N7O2/c15-7-9-5(13-1-3-16-4-2-13)8-6-10-11-12-14(6)7/h1-4H2,(H,8,9,10,12,15). The molecular weight excluding hydrogens is 214 g/mol. The molecule has 1 saturated heterocycles. The lowest BCUT2D eigenvalue weighted by Gasteiger charge is -2.26. The number of ether oxygens (including phenoxy) is 1. The Morgan fingerprint density at radius 1 is 1.31 bits per heavy atom. The van der Waals surface area contributed by atoms with E-state index in [9.17, 15) is 4.79 Å². The first-order valence-electron chi connectivity index (χ1n) is 4.86. The van der Waals surface area contributed by atoms with Crippen LogP contribution in [0.2, 0.25) is 0 Å².